The largest absolute Gasteiger partial charge is 0.331 e. The Hall–Kier alpha value is -4.11. The fraction of sp³-hybridized carbons (Fsp3) is 0.129. The molecule has 4 aromatic carbocycles. The van der Waals surface area contributed by atoms with Crippen LogP contribution in [-0.2, 0) is 5.54 Å². The zero-order valence-electron chi connectivity index (χ0n) is 19.6. The van der Waals surface area contributed by atoms with Crippen molar-refractivity contribution >= 4 is 49.0 Å². The predicted octanol–water partition coefficient (Wildman–Crippen LogP) is 7.84. The SMILES string of the molecule is Cc1cnn2c3ccccc3c3cc(C(C)(C)n4c5ccccc5c5ccccc54)ccc3c12. The molecule has 164 valence electrons. The summed E-state index contributed by atoms with van der Waals surface area (Å²) in [5, 5.41) is 11.0. The summed E-state index contributed by atoms with van der Waals surface area (Å²) in [6.07, 6.45) is 1.97. The van der Waals surface area contributed by atoms with Gasteiger partial charge in [0.1, 0.15) is 0 Å². The number of fused-ring (bicyclic) bond motifs is 9. The third-order valence-electron chi connectivity index (χ3n) is 7.49. The van der Waals surface area contributed by atoms with Crippen LogP contribution in [0.3, 0.4) is 0 Å². The molecule has 0 aliphatic heterocycles. The van der Waals surface area contributed by atoms with Crippen molar-refractivity contribution in [2.75, 3.05) is 0 Å². The highest BCUT2D eigenvalue weighted by atomic mass is 15.2. The van der Waals surface area contributed by atoms with Gasteiger partial charge in [-0.25, -0.2) is 4.52 Å². The van der Waals surface area contributed by atoms with E-state index in [0.717, 1.165) is 5.52 Å². The van der Waals surface area contributed by atoms with E-state index in [1.165, 1.54) is 54.6 Å². The molecule has 0 fully saturated rings. The van der Waals surface area contributed by atoms with Crippen molar-refractivity contribution in [2.24, 2.45) is 0 Å². The van der Waals surface area contributed by atoms with Gasteiger partial charge in [-0.2, -0.15) is 5.10 Å². The molecular weight excluding hydrogens is 414 g/mol. The molecule has 7 rings (SSSR count). The topological polar surface area (TPSA) is 22.2 Å². The van der Waals surface area contributed by atoms with Crippen LogP contribution in [-0.4, -0.2) is 14.2 Å². The maximum absolute atomic E-state index is 4.69. The molecule has 0 saturated carbocycles. The molecule has 0 atom stereocenters. The van der Waals surface area contributed by atoms with Gasteiger partial charge in [0.25, 0.3) is 0 Å². The van der Waals surface area contributed by atoms with Crippen LogP contribution in [0.4, 0.5) is 0 Å². The average molecular weight is 440 g/mol. The van der Waals surface area contributed by atoms with E-state index >= 15 is 0 Å². The predicted molar refractivity (Wildman–Crippen MR) is 143 cm³/mol. The maximum atomic E-state index is 4.69. The summed E-state index contributed by atoms with van der Waals surface area (Å²) < 4.78 is 4.59. The van der Waals surface area contributed by atoms with Gasteiger partial charge in [-0.15, -0.1) is 0 Å². The Kier molecular flexibility index (Phi) is 3.82. The second-order valence-corrected chi connectivity index (χ2v) is 9.79. The van der Waals surface area contributed by atoms with E-state index in [2.05, 4.69) is 126 Å². The van der Waals surface area contributed by atoms with Gasteiger partial charge in [0, 0.05) is 32.6 Å². The lowest BCUT2D eigenvalue weighted by Crippen LogP contribution is -2.27. The van der Waals surface area contributed by atoms with Crippen LogP contribution in [0.2, 0.25) is 0 Å². The standard InChI is InChI=1S/C31H25N3/c1-20-19-32-34-29-15-9-6-12-24(29)26-18-21(16-17-25(26)30(20)34)31(2,3)33-27-13-7-4-10-22(27)23-11-5-8-14-28(23)33/h4-19H,1-3H3. The summed E-state index contributed by atoms with van der Waals surface area (Å²) in [7, 11) is 0. The molecular formula is C31H25N3. The summed E-state index contributed by atoms with van der Waals surface area (Å²) in [5.41, 5.74) is 7.10. The second-order valence-electron chi connectivity index (χ2n) is 9.79. The first kappa shape index (κ1) is 19.4. The van der Waals surface area contributed by atoms with Crippen molar-refractivity contribution in [3.8, 4) is 0 Å². The molecule has 0 unspecified atom stereocenters. The van der Waals surface area contributed by atoms with Crippen molar-refractivity contribution in [1.82, 2.24) is 14.2 Å². The molecule has 3 heteroatoms. The van der Waals surface area contributed by atoms with Crippen molar-refractivity contribution in [3.05, 3.63) is 108 Å². The number of para-hydroxylation sites is 3. The number of pyridine rings is 1. The van der Waals surface area contributed by atoms with Crippen LogP contribution in [0.1, 0.15) is 25.0 Å². The van der Waals surface area contributed by atoms with Crippen molar-refractivity contribution in [3.63, 3.8) is 0 Å². The van der Waals surface area contributed by atoms with Crippen LogP contribution in [0.15, 0.2) is 97.2 Å². The lowest BCUT2D eigenvalue weighted by molar-refractivity contribution is 0.465. The minimum atomic E-state index is -0.251. The van der Waals surface area contributed by atoms with Crippen LogP contribution in [0.5, 0.6) is 0 Å². The van der Waals surface area contributed by atoms with Crippen LogP contribution >= 0.6 is 0 Å². The molecule has 34 heavy (non-hydrogen) atoms. The number of hydrogen-bond donors (Lipinski definition) is 0. The molecule has 0 aliphatic rings. The van der Waals surface area contributed by atoms with E-state index in [1.807, 2.05) is 6.20 Å². The first-order valence-electron chi connectivity index (χ1n) is 11.8. The van der Waals surface area contributed by atoms with Gasteiger partial charge in [0.05, 0.1) is 22.8 Å². The average Bonchev–Trinajstić information content (AvgIpc) is 3.43. The maximum Gasteiger partial charge on any atom is 0.0776 e. The van der Waals surface area contributed by atoms with Crippen LogP contribution in [0.25, 0.3) is 49.0 Å². The molecule has 3 aromatic heterocycles. The second kappa shape index (κ2) is 6.71. The third-order valence-corrected chi connectivity index (χ3v) is 7.49. The zero-order valence-corrected chi connectivity index (χ0v) is 19.6. The quantitative estimate of drug-likeness (QED) is 0.252. The molecule has 0 saturated heterocycles. The van der Waals surface area contributed by atoms with Gasteiger partial charge >= 0.3 is 0 Å². The highest BCUT2D eigenvalue weighted by molar-refractivity contribution is 6.13. The molecule has 0 radical (unpaired) electrons. The lowest BCUT2D eigenvalue weighted by Gasteiger charge is -2.30. The fourth-order valence-corrected chi connectivity index (χ4v) is 5.83. The lowest BCUT2D eigenvalue weighted by atomic mass is 9.90. The normalized spacial score (nSPS) is 12.6. The van der Waals surface area contributed by atoms with E-state index in [-0.39, 0.29) is 5.54 Å². The van der Waals surface area contributed by atoms with E-state index in [9.17, 15) is 0 Å². The van der Waals surface area contributed by atoms with Crippen molar-refractivity contribution in [2.45, 2.75) is 26.3 Å². The van der Waals surface area contributed by atoms with Crippen molar-refractivity contribution < 1.29 is 0 Å². The highest BCUT2D eigenvalue weighted by Crippen LogP contribution is 2.39. The molecule has 0 spiro atoms. The van der Waals surface area contributed by atoms with E-state index < -0.39 is 0 Å². The Morgan fingerprint density at radius 3 is 1.82 bits per heavy atom. The molecule has 0 amide bonds. The summed E-state index contributed by atoms with van der Waals surface area (Å²) in [5.74, 6) is 0. The summed E-state index contributed by atoms with van der Waals surface area (Å²) in [6, 6.07) is 33.1. The molecule has 3 nitrogen and oxygen atoms in total. The number of aryl methyl sites for hydroxylation is 1. The van der Waals surface area contributed by atoms with Gasteiger partial charge < -0.3 is 4.57 Å². The smallest absolute Gasteiger partial charge is 0.0776 e. The summed E-state index contributed by atoms with van der Waals surface area (Å²) in [4.78, 5) is 0. The first-order chi connectivity index (χ1) is 16.6. The Labute approximate surface area is 197 Å². The first-order valence-corrected chi connectivity index (χ1v) is 11.8. The molecule has 7 aromatic rings. The van der Waals surface area contributed by atoms with E-state index in [0.29, 0.717) is 0 Å². The summed E-state index contributed by atoms with van der Waals surface area (Å²) >= 11 is 0. The fourth-order valence-electron chi connectivity index (χ4n) is 5.83. The number of benzene rings is 4. The number of nitrogens with zero attached hydrogens (tertiary/aromatic N) is 3. The zero-order chi connectivity index (χ0) is 23.0. The molecule has 3 heterocycles. The minimum absolute atomic E-state index is 0.251. The number of aromatic nitrogens is 3. The Morgan fingerprint density at radius 2 is 1.18 bits per heavy atom. The van der Waals surface area contributed by atoms with E-state index in [4.69, 9.17) is 0 Å². The minimum Gasteiger partial charge on any atom is -0.331 e. The molecule has 0 aliphatic carbocycles. The van der Waals surface area contributed by atoms with Crippen LogP contribution in [0, 0.1) is 6.92 Å². The van der Waals surface area contributed by atoms with Gasteiger partial charge in [0.15, 0.2) is 0 Å². The number of hydrogen-bond acceptors (Lipinski definition) is 1. The van der Waals surface area contributed by atoms with Crippen LogP contribution < -0.4 is 0 Å². The van der Waals surface area contributed by atoms with Gasteiger partial charge in [-0.3, -0.25) is 0 Å². The molecule has 0 N–H and O–H groups in total. The Bertz CT molecular complexity index is 1850. The Morgan fingerprint density at radius 1 is 0.618 bits per heavy atom. The monoisotopic (exact) mass is 439 g/mol. The third kappa shape index (κ3) is 2.44. The Balaban J connectivity index is 1.58. The number of rotatable bonds is 2. The van der Waals surface area contributed by atoms with Gasteiger partial charge in [-0.1, -0.05) is 66.7 Å². The summed E-state index contributed by atoms with van der Waals surface area (Å²) in [6.45, 7) is 6.81. The van der Waals surface area contributed by atoms with Crippen molar-refractivity contribution in [1.29, 1.82) is 0 Å². The van der Waals surface area contributed by atoms with Gasteiger partial charge in [0.2, 0.25) is 0 Å². The molecule has 0 bridgehead atoms. The highest BCUT2D eigenvalue weighted by Gasteiger charge is 2.27. The van der Waals surface area contributed by atoms with Gasteiger partial charge in [-0.05, 0) is 61.5 Å². The van der Waals surface area contributed by atoms with E-state index in [1.54, 1.807) is 0 Å².